The van der Waals surface area contributed by atoms with Crippen LogP contribution in [0.15, 0.2) is 33.2 Å². The fourth-order valence-corrected chi connectivity index (χ4v) is 2.25. The molecule has 2 heterocycles. The molecule has 72 valence electrons. The zero-order valence-electron chi connectivity index (χ0n) is 7.25. The van der Waals surface area contributed by atoms with E-state index in [-0.39, 0.29) is 0 Å². The van der Waals surface area contributed by atoms with Gasteiger partial charge in [0.15, 0.2) is 4.34 Å². The summed E-state index contributed by atoms with van der Waals surface area (Å²) in [5.74, 6) is 0. The first kappa shape index (κ1) is 9.57. The highest BCUT2D eigenvalue weighted by molar-refractivity contribution is 8.00. The highest BCUT2D eigenvalue weighted by atomic mass is 32.2. The van der Waals surface area contributed by atoms with Gasteiger partial charge < -0.3 is 5.73 Å². The Balaban J connectivity index is 2.10. The molecule has 2 N–H and O–H groups in total. The molecule has 0 amide bonds. The second-order valence-electron chi connectivity index (χ2n) is 2.52. The molecule has 6 heteroatoms. The van der Waals surface area contributed by atoms with E-state index >= 15 is 0 Å². The normalized spacial score (nSPS) is 10.4. The van der Waals surface area contributed by atoms with E-state index < -0.39 is 0 Å². The molecular formula is C8H8N4S2. The number of nitrogens with zero attached hydrogens (tertiary/aromatic N) is 3. The maximum Gasteiger partial charge on any atom is 0.180 e. The standard InChI is InChI=1S/C8H8N4S2/c9-3-6-1-2-7(10-4-6)14-8-12-11-5-13-8/h1-2,4-5H,3,9H2. The lowest BCUT2D eigenvalue weighted by atomic mass is 10.3. The maximum atomic E-state index is 5.47. The van der Waals surface area contributed by atoms with Gasteiger partial charge in [0.05, 0.1) is 0 Å². The number of rotatable bonds is 3. The average molecular weight is 224 g/mol. The first-order valence-corrected chi connectivity index (χ1v) is 5.67. The molecule has 14 heavy (non-hydrogen) atoms. The summed E-state index contributed by atoms with van der Waals surface area (Å²) in [6.07, 6.45) is 1.78. The maximum absolute atomic E-state index is 5.47. The highest BCUT2D eigenvalue weighted by Crippen LogP contribution is 2.26. The second kappa shape index (κ2) is 4.50. The van der Waals surface area contributed by atoms with Crippen LogP contribution in [0.5, 0.6) is 0 Å². The lowest BCUT2D eigenvalue weighted by Gasteiger charge is -1.97. The third kappa shape index (κ3) is 2.28. The Morgan fingerprint density at radius 1 is 1.43 bits per heavy atom. The van der Waals surface area contributed by atoms with Crippen LogP contribution in [0.4, 0.5) is 0 Å². The van der Waals surface area contributed by atoms with E-state index in [1.54, 1.807) is 11.7 Å². The number of hydrogen-bond donors (Lipinski definition) is 1. The van der Waals surface area contributed by atoms with Gasteiger partial charge >= 0.3 is 0 Å². The van der Waals surface area contributed by atoms with Gasteiger partial charge in [0, 0.05) is 12.7 Å². The predicted molar refractivity (Wildman–Crippen MR) is 56.2 cm³/mol. The number of pyridine rings is 1. The SMILES string of the molecule is NCc1ccc(Sc2nncs2)nc1. The van der Waals surface area contributed by atoms with E-state index in [1.807, 2.05) is 12.1 Å². The minimum Gasteiger partial charge on any atom is -0.326 e. The summed E-state index contributed by atoms with van der Waals surface area (Å²) >= 11 is 3.01. The van der Waals surface area contributed by atoms with E-state index in [0.717, 1.165) is 14.9 Å². The molecule has 0 aliphatic carbocycles. The van der Waals surface area contributed by atoms with Crippen molar-refractivity contribution in [2.24, 2.45) is 5.73 Å². The summed E-state index contributed by atoms with van der Waals surface area (Å²) in [5, 5.41) is 8.59. The van der Waals surface area contributed by atoms with Crippen LogP contribution in [0, 0.1) is 0 Å². The van der Waals surface area contributed by atoms with Gasteiger partial charge in [-0.1, -0.05) is 17.4 Å². The lowest BCUT2D eigenvalue weighted by molar-refractivity contribution is 0.994. The Labute approximate surface area is 89.6 Å². The molecule has 0 bridgehead atoms. The van der Waals surface area contributed by atoms with E-state index in [9.17, 15) is 0 Å². The minimum atomic E-state index is 0.525. The summed E-state index contributed by atoms with van der Waals surface area (Å²) in [5.41, 5.74) is 8.21. The van der Waals surface area contributed by atoms with Gasteiger partial charge in [-0.25, -0.2) is 4.98 Å². The summed E-state index contributed by atoms with van der Waals surface area (Å²) in [6, 6.07) is 3.91. The van der Waals surface area contributed by atoms with Gasteiger partial charge in [0.1, 0.15) is 10.5 Å². The Bertz CT molecular complexity index is 384. The smallest absolute Gasteiger partial charge is 0.180 e. The van der Waals surface area contributed by atoms with Crippen molar-refractivity contribution in [1.29, 1.82) is 0 Å². The van der Waals surface area contributed by atoms with Crippen LogP contribution in [0.3, 0.4) is 0 Å². The molecule has 2 aromatic rings. The molecule has 0 radical (unpaired) electrons. The van der Waals surface area contributed by atoms with Crippen molar-refractivity contribution in [2.75, 3.05) is 0 Å². The molecule has 2 aromatic heterocycles. The molecule has 0 atom stereocenters. The van der Waals surface area contributed by atoms with Crippen LogP contribution in [-0.2, 0) is 6.54 Å². The number of hydrogen-bond acceptors (Lipinski definition) is 6. The molecular weight excluding hydrogens is 216 g/mol. The quantitative estimate of drug-likeness (QED) is 0.856. The third-order valence-electron chi connectivity index (χ3n) is 1.57. The molecule has 0 aliphatic heterocycles. The highest BCUT2D eigenvalue weighted by Gasteiger charge is 2.01. The van der Waals surface area contributed by atoms with Crippen molar-refractivity contribution in [3.63, 3.8) is 0 Å². The van der Waals surface area contributed by atoms with Crippen molar-refractivity contribution in [1.82, 2.24) is 15.2 Å². The molecule has 0 unspecified atom stereocenters. The van der Waals surface area contributed by atoms with E-state index in [2.05, 4.69) is 15.2 Å². The Morgan fingerprint density at radius 3 is 2.93 bits per heavy atom. The number of nitrogens with two attached hydrogens (primary N) is 1. The van der Waals surface area contributed by atoms with Crippen molar-refractivity contribution in [3.05, 3.63) is 29.4 Å². The number of aromatic nitrogens is 3. The topological polar surface area (TPSA) is 64.7 Å². The Kier molecular flexibility index (Phi) is 3.07. The molecule has 2 rings (SSSR count). The molecule has 0 aromatic carbocycles. The fourth-order valence-electron chi connectivity index (χ4n) is 0.889. The first-order valence-electron chi connectivity index (χ1n) is 3.97. The predicted octanol–water partition coefficient (Wildman–Crippen LogP) is 1.54. The van der Waals surface area contributed by atoms with Gasteiger partial charge in [-0.15, -0.1) is 10.2 Å². The van der Waals surface area contributed by atoms with Crippen LogP contribution < -0.4 is 5.73 Å². The van der Waals surface area contributed by atoms with Gasteiger partial charge in [0.2, 0.25) is 0 Å². The van der Waals surface area contributed by atoms with Gasteiger partial charge in [-0.3, -0.25) is 0 Å². The van der Waals surface area contributed by atoms with Gasteiger partial charge in [-0.05, 0) is 23.4 Å². The molecule has 0 saturated heterocycles. The van der Waals surface area contributed by atoms with Crippen molar-refractivity contribution >= 4 is 23.1 Å². The van der Waals surface area contributed by atoms with Crippen LogP contribution in [0.1, 0.15) is 5.56 Å². The largest absolute Gasteiger partial charge is 0.326 e. The summed E-state index contributed by atoms with van der Waals surface area (Å²) in [4.78, 5) is 4.25. The third-order valence-corrected chi connectivity index (χ3v) is 3.29. The van der Waals surface area contributed by atoms with Crippen LogP contribution in [0.2, 0.25) is 0 Å². The zero-order valence-corrected chi connectivity index (χ0v) is 8.88. The first-order chi connectivity index (χ1) is 6.88. The van der Waals surface area contributed by atoms with Crippen LogP contribution in [-0.4, -0.2) is 15.2 Å². The van der Waals surface area contributed by atoms with E-state index in [1.165, 1.54) is 23.1 Å². The zero-order chi connectivity index (χ0) is 9.80. The molecule has 0 saturated carbocycles. The van der Waals surface area contributed by atoms with E-state index in [0.29, 0.717) is 6.54 Å². The lowest BCUT2D eigenvalue weighted by Crippen LogP contribution is -1.96. The molecule has 4 nitrogen and oxygen atoms in total. The van der Waals surface area contributed by atoms with Crippen molar-refractivity contribution in [3.8, 4) is 0 Å². The van der Waals surface area contributed by atoms with Crippen LogP contribution in [0.25, 0.3) is 0 Å². The van der Waals surface area contributed by atoms with Gasteiger partial charge in [-0.2, -0.15) is 0 Å². The van der Waals surface area contributed by atoms with E-state index in [4.69, 9.17) is 5.73 Å². The summed E-state index contributed by atoms with van der Waals surface area (Å²) in [6.45, 7) is 0.525. The minimum absolute atomic E-state index is 0.525. The molecule has 0 aliphatic rings. The second-order valence-corrected chi connectivity index (χ2v) is 4.62. The Morgan fingerprint density at radius 2 is 2.36 bits per heavy atom. The van der Waals surface area contributed by atoms with Crippen molar-refractivity contribution < 1.29 is 0 Å². The monoisotopic (exact) mass is 224 g/mol. The fraction of sp³-hybridized carbons (Fsp3) is 0.125. The summed E-state index contributed by atoms with van der Waals surface area (Å²) in [7, 11) is 0. The molecule has 0 spiro atoms. The van der Waals surface area contributed by atoms with Gasteiger partial charge in [0.25, 0.3) is 0 Å². The Hall–Kier alpha value is -0.980. The summed E-state index contributed by atoms with van der Waals surface area (Å²) < 4.78 is 0.901. The average Bonchev–Trinajstić information content (AvgIpc) is 2.72. The molecule has 0 fully saturated rings. The van der Waals surface area contributed by atoms with Crippen molar-refractivity contribution in [2.45, 2.75) is 15.9 Å². The van der Waals surface area contributed by atoms with Crippen LogP contribution >= 0.6 is 23.1 Å².